The van der Waals surface area contributed by atoms with Crippen molar-refractivity contribution >= 4 is 37.4 Å². The molecule has 0 saturated carbocycles. The molecule has 1 saturated heterocycles. The minimum absolute atomic E-state index is 0.117. The molecule has 1 aromatic carbocycles. The summed E-state index contributed by atoms with van der Waals surface area (Å²) in [6, 6.07) is 6.50. The van der Waals surface area contributed by atoms with Gasteiger partial charge in [0.25, 0.3) is 0 Å². The molecule has 2 aromatic rings. The molecule has 2 N–H and O–H groups in total. The lowest BCUT2D eigenvalue weighted by molar-refractivity contribution is 0.0532. The summed E-state index contributed by atoms with van der Waals surface area (Å²) in [6.45, 7) is 2.89. The number of hydrogen-bond acceptors (Lipinski definition) is 6. The van der Waals surface area contributed by atoms with Crippen molar-refractivity contribution in [1.82, 2.24) is 4.31 Å². The largest absolute Gasteiger partial charge is 0.462 e. The zero-order valence-electron chi connectivity index (χ0n) is 13.4. The summed E-state index contributed by atoms with van der Waals surface area (Å²) in [5.41, 5.74) is 5.90. The number of sulfonamides is 1. The van der Waals surface area contributed by atoms with E-state index in [1.165, 1.54) is 15.6 Å². The number of ether oxygens (including phenoxy) is 1. The Hall–Kier alpha value is -1.48. The molecule has 1 fully saturated rings. The highest BCUT2D eigenvalue weighted by atomic mass is 32.2. The van der Waals surface area contributed by atoms with Crippen molar-refractivity contribution in [2.24, 2.45) is 5.73 Å². The van der Waals surface area contributed by atoms with Crippen molar-refractivity contribution in [1.29, 1.82) is 0 Å². The SMILES string of the molecule is CCOC(=O)c1cc2cc(S(=O)(=O)N3CCCC(N)C3)ccc2s1. The van der Waals surface area contributed by atoms with Crippen LogP contribution in [0.4, 0.5) is 0 Å². The van der Waals surface area contributed by atoms with Crippen molar-refractivity contribution in [3.8, 4) is 0 Å². The molecule has 1 atom stereocenters. The fourth-order valence-corrected chi connectivity index (χ4v) is 5.33. The number of carbonyl (C=O) groups is 1. The molecular weight excluding hydrogens is 348 g/mol. The van der Waals surface area contributed by atoms with E-state index < -0.39 is 10.0 Å². The quantitative estimate of drug-likeness (QED) is 0.836. The third kappa shape index (κ3) is 3.32. The van der Waals surface area contributed by atoms with Gasteiger partial charge in [-0.1, -0.05) is 0 Å². The van der Waals surface area contributed by atoms with E-state index in [1.54, 1.807) is 31.2 Å². The Morgan fingerprint density at radius 3 is 2.92 bits per heavy atom. The normalized spacial score (nSPS) is 19.5. The molecule has 2 heterocycles. The summed E-state index contributed by atoms with van der Waals surface area (Å²) in [6.07, 6.45) is 1.62. The van der Waals surface area contributed by atoms with Gasteiger partial charge < -0.3 is 10.5 Å². The van der Waals surface area contributed by atoms with E-state index in [0.29, 0.717) is 24.6 Å². The Labute approximate surface area is 145 Å². The van der Waals surface area contributed by atoms with E-state index in [2.05, 4.69) is 0 Å². The van der Waals surface area contributed by atoms with Crippen molar-refractivity contribution in [2.75, 3.05) is 19.7 Å². The van der Waals surface area contributed by atoms with Crippen LogP contribution >= 0.6 is 11.3 Å². The summed E-state index contributed by atoms with van der Waals surface area (Å²) >= 11 is 1.30. The summed E-state index contributed by atoms with van der Waals surface area (Å²) < 4.78 is 32.9. The first kappa shape index (κ1) is 17.3. The van der Waals surface area contributed by atoms with Crippen LogP contribution in [0.25, 0.3) is 10.1 Å². The van der Waals surface area contributed by atoms with Gasteiger partial charge in [-0.05, 0) is 49.4 Å². The average molecular weight is 368 g/mol. The Kier molecular flexibility index (Phi) is 4.91. The third-order valence-electron chi connectivity index (χ3n) is 4.02. The first-order valence-corrected chi connectivity index (χ1v) is 10.1. The first-order valence-electron chi connectivity index (χ1n) is 7.88. The minimum Gasteiger partial charge on any atom is -0.462 e. The fraction of sp³-hybridized carbons (Fsp3) is 0.438. The fourth-order valence-electron chi connectivity index (χ4n) is 2.83. The highest BCUT2D eigenvalue weighted by Gasteiger charge is 2.29. The maximum absolute atomic E-state index is 12.8. The number of thiophene rings is 1. The predicted molar refractivity (Wildman–Crippen MR) is 93.7 cm³/mol. The Morgan fingerprint density at radius 2 is 2.21 bits per heavy atom. The minimum atomic E-state index is -3.57. The molecule has 1 aliphatic rings. The molecule has 0 aliphatic carbocycles. The van der Waals surface area contributed by atoms with Gasteiger partial charge in [0, 0.05) is 23.8 Å². The molecule has 130 valence electrons. The van der Waals surface area contributed by atoms with Crippen molar-refractivity contribution < 1.29 is 17.9 Å². The second-order valence-electron chi connectivity index (χ2n) is 5.80. The summed E-state index contributed by atoms with van der Waals surface area (Å²) in [5.74, 6) is -0.384. The average Bonchev–Trinajstić information content (AvgIpc) is 2.98. The van der Waals surface area contributed by atoms with Crippen LogP contribution in [0.1, 0.15) is 29.4 Å². The van der Waals surface area contributed by atoms with Crippen LogP contribution in [0.2, 0.25) is 0 Å². The Bertz CT molecular complexity index is 860. The van der Waals surface area contributed by atoms with Gasteiger partial charge >= 0.3 is 5.97 Å². The third-order valence-corrected chi connectivity index (χ3v) is 6.98. The van der Waals surface area contributed by atoms with E-state index in [4.69, 9.17) is 10.5 Å². The van der Waals surface area contributed by atoms with E-state index in [-0.39, 0.29) is 16.9 Å². The van der Waals surface area contributed by atoms with Crippen LogP contribution in [0.3, 0.4) is 0 Å². The second kappa shape index (κ2) is 6.79. The lowest BCUT2D eigenvalue weighted by Gasteiger charge is -2.29. The molecule has 0 spiro atoms. The number of piperidine rings is 1. The number of benzene rings is 1. The smallest absolute Gasteiger partial charge is 0.348 e. The number of hydrogen-bond donors (Lipinski definition) is 1. The topological polar surface area (TPSA) is 89.7 Å². The van der Waals surface area contributed by atoms with E-state index in [1.807, 2.05) is 0 Å². The van der Waals surface area contributed by atoms with Crippen molar-refractivity contribution in [2.45, 2.75) is 30.7 Å². The molecule has 1 unspecified atom stereocenters. The standard InChI is InChI=1S/C16H20N2O4S2/c1-2-22-16(19)15-9-11-8-13(5-6-14(11)23-15)24(20,21)18-7-3-4-12(17)10-18/h5-6,8-9,12H,2-4,7,10,17H2,1H3. The molecule has 1 aromatic heterocycles. The van der Waals surface area contributed by atoms with Gasteiger partial charge in [-0.2, -0.15) is 4.31 Å². The molecule has 0 radical (unpaired) electrons. The van der Waals surface area contributed by atoms with Gasteiger partial charge in [-0.15, -0.1) is 11.3 Å². The summed E-state index contributed by atoms with van der Waals surface area (Å²) in [7, 11) is -3.57. The molecule has 0 bridgehead atoms. The summed E-state index contributed by atoms with van der Waals surface area (Å²) in [4.78, 5) is 12.5. The first-order chi connectivity index (χ1) is 11.4. The zero-order valence-corrected chi connectivity index (χ0v) is 15.0. The van der Waals surface area contributed by atoms with Gasteiger partial charge in [0.2, 0.25) is 10.0 Å². The predicted octanol–water partition coefficient (Wildman–Crippen LogP) is 2.19. The molecule has 0 amide bonds. The lowest BCUT2D eigenvalue weighted by atomic mass is 10.1. The number of nitrogens with two attached hydrogens (primary N) is 1. The number of carbonyl (C=O) groups excluding carboxylic acids is 1. The molecule has 3 rings (SSSR count). The van der Waals surface area contributed by atoms with E-state index >= 15 is 0 Å². The van der Waals surface area contributed by atoms with Crippen LogP contribution < -0.4 is 5.73 Å². The van der Waals surface area contributed by atoms with Crippen molar-refractivity contribution in [3.63, 3.8) is 0 Å². The molecule has 8 heteroatoms. The van der Waals surface area contributed by atoms with Gasteiger partial charge in [0.05, 0.1) is 11.5 Å². The molecular formula is C16H20N2O4S2. The highest BCUT2D eigenvalue weighted by Crippen LogP contribution is 2.30. The van der Waals surface area contributed by atoms with Crippen LogP contribution in [0.15, 0.2) is 29.2 Å². The van der Waals surface area contributed by atoms with E-state index in [0.717, 1.165) is 22.9 Å². The number of nitrogens with zero attached hydrogens (tertiary/aromatic N) is 1. The lowest BCUT2D eigenvalue weighted by Crippen LogP contribution is -2.45. The number of rotatable bonds is 4. The van der Waals surface area contributed by atoms with Gasteiger partial charge in [-0.3, -0.25) is 0 Å². The van der Waals surface area contributed by atoms with Gasteiger partial charge in [-0.25, -0.2) is 13.2 Å². The Balaban J connectivity index is 1.93. The number of fused-ring (bicyclic) bond motifs is 1. The van der Waals surface area contributed by atoms with E-state index in [9.17, 15) is 13.2 Å². The van der Waals surface area contributed by atoms with Crippen LogP contribution in [-0.4, -0.2) is 44.4 Å². The van der Waals surface area contributed by atoms with Crippen LogP contribution in [0, 0.1) is 0 Å². The Morgan fingerprint density at radius 1 is 1.42 bits per heavy atom. The zero-order chi connectivity index (χ0) is 17.3. The molecule has 24 heavy (non-hydrogen) atoms. The van der Waals surface area contributed by atoms with Crippen molar-refractivity contribution in [3.05, 3.63) is 29.1 Å². The number of esters is 1. The van der Waals surface area contributed by atoms with Crippen LogP contribution in [-0.2, 0) is 14.8 Å². The van der Waals surface area contributed by atoms with Gasteiger partial charge in [0.1, 0.15) is 4.88 Å². The molecule has 1 aliphatic heterocycles. The monoisotopic (exact) mass is 368 g/mol. The maximum Gasteiger partial charge on any atom is 0.348 e. The summed E-state index contributed by atoms with van der Waals surface area (Å²) in [5, 5.41) is 0.727. The van der Waals surface area contributed by atoms with Gasteiger partial charge in [0.15, 0.2) is 0 Å². The second-order valence-corrected chi connectivity index (χ2v) is 8.82. The highest BCUT2D eigenvalue weighted by molar-refractivity contribution is 7.89. The molecule has 6 nitrogen and oxygen atoms in total. The maximum atomic E-state index is 12.8. The van der Waals surface area contributed by atoms with Crippen LogP contribution in [0.5, 0.6) is 0 Å².